The summed E-state index contributed by atoms with van der Waals surface area (Å²) in [5.74, 6) is -1.07. The molecule has 0 saturated heterocycles. The van der Waals surface area contributed by atoms with Crippen molar-refractivity contribution in [1.29, 1.82) is 0 Å². The third-order valence-electron chi connectivity index (χ3n) is 3.81. The van der Waals surface area contributed by atoms with Gasteiger partial charge in [-0.05, 0) is 31.7 Å². The van der Waals surface area contributed by atoms with Gasteiger partial charge in [0.15, 0.2) is 0 Å². The quantitative estimate of drug-likeness (QED) is 0.660. The first-order valence-corrected chi connectivity index (χ1v) is 6.76. The number of amides is 1. The van der Waals surface area contributed by atoms with Crippen LogP contribution >= 0.6 is 0 Å². The van der Waals surface area contributed by atoms with E-state index in [4.69, 9.17) is 10.8 Å². The Bertz CT molecular complexity index is 294. The molecule has 0 heterocycles. The number of hydrogen-bond donors (Lipinski definition) is 3. The third-order valence-corrected chi connectivity index (χ3v) is 3.81. The number of carboxylic acid groups (broad SMARTS) is 1. The zero-order valence-corrected chi connectivity index (χ0v) is 11.0. The van der Waals surface area contributed by atoms with Gasteiger partial charge in [-0.2, -0.15) is 0 Å². The molecule has 0 bridgehead atoms. The molecule has 0 spiro atoms. The molecular weight excluding hydrogens is 232 g/mol. The monoisotopic (exact) mass is 256 g/mol. The number of aliphatic carboxylic acids is 1. The smallest absolute Gasteiger partial charge is 0.306 e. The molecule has 5 heteroatoms. The van der Waals surface area contributed by atoms with Crippen LogP contribution in [-0.4, -0.2) is 30.1 Å². The lowest BCUT2D eigenvalue weighted by atomic mass is 9.79. The summed E-state index contributed by atoms with van der Waals surface area (Å²) in [5, 5.41) is 12.0. The van der Waals surface area contributed by atoms with Crippen molar-refractivity contribution in [3.8, 4) is 0 Å². The standard InChI is InChI=1S/C13H24N2O3/c1-9(6-7-14)12(16)15-8-10-4-2-3-5-11(10)13(17)18/h9-11H,2-8,14H2,1H3,(H,15,16)(H,17,18). The summed E-state index contributed by atoms with van der Waals surface area (Å²) < 4.78 is 0. The molecule has 4 N–H and O–H groups in total. The Hall–Kier alpha value is -1.10. The van der Waals surface area contributed by atoms with Crippen LogP contribution in [0.5, 0.6) is 0 Å². The first kappa shape index (κ1) is 15.0. The fourth-order valence-corrected chi connectivity index (χ4v) is 2.56. The lowest BCUT2D eigenvalue weighted by Crippen LogP contribution is -2.39. The molecule has 1 aliphatic rings. The van der Waals surface area contributed by atoms with Gasteiger partial charge >= 0.3 is 5.97 Å². The molecule has 0 aliphatic heterocycles. The fraction of sp³-hybridized carbons (Fsp3) is 0.846. The van der Waals surface area contributed by atoms with Crippen molar-refractivity contribution in [1.82, 2.24) is 5.32 Å². The number of nitrogens with one attached hydrogen (secondary N) is 1. The summed E-state index contributed by atoms with van der Waals surface area (Å²) in [4.78, 5) is 22.9. The average molecular weight is 256 g/mol. The Labute approximate surface area is 108 Å². The summed E-state index contributed by atoms with van der Waals surface area (Å²) in [6, 6.07) is 0. The van der Waals surface area contributed by atoms with E-state index in [0.29, 0.717) is 19.5 Å². The molecule has 5 nitrogen and oxygen atoms in total. The molecule has 0 radical (unpaired) electrons. The highest BCUT2D eigenvalue weighted by atomic mass is 16.4. The maximum absolute atomic E-state index is 11.7. The molecule has 18 heavy (non-hydrogen) atoms. The van der Waals surface area contributed by atoms with E-state index in [0.717, 1.165) is 25.7 Å². The highest BCUT2D eigenvalue weighted by molar-refractivity contribution is 5.78. The van der Waals surface area contributed by atoms with Gasteiger partial charge in [-0.15, -0.1) is 0 Å². The minimum absolute atomic E-state index is 0.0184. The second-order valence-corrected chi connectivity index (χ2v) is 5.21. The van der Waals surface area contributed by atoms with Gasteiger partial charge < -0.3 is 16.2 Å². The summed E-state index contributed by atoms with van der Waals surface area (Å²) >= 11 is 0. The molecule has 1 amide bonds. The molecule has 1 fully saturated rings. The lowest BCUT2D eigenvalue weighted by molar-refractivity contribution is -0.145. The number of hydrogen-bond acceptors (Lipinski definition) is 3. The number of carbonyl (C=O) groups is 2. The minimum Gasteiger partial charge on any atom is -0.481 e. The van der Waals surface area contributed by atoms with Gasteiger partial charge in [0.05, 0.1) is 5.92 Å². The predicted octanol–water partition coefficient (Wildman–Crippen LogP) is 0.979. The molecule has 0 aromatic rings. The Morgan fingerprint density at radius 1 is 1.39 bits per heavy atom. The average Bonchev–Trinajstić information content (AvgIpc) is 2.36. The fourth-order valence-electron chi connectivity index (χ4n) is 2.56. The van der Waals surface area contributed by atoms with Crippen molar-refractivity contribution in [2.24, 2.45) is 23.5 Å². The van der Waals surface area contributed by atoms with Crippen LogP contribution < -0.4 is 11.1 Å². The Morgan fingerprint density at radius 3 is 2.67 bits per heavy atom. The van der Waals surface area contributed by atoms with E-state index >= 15 is 0 Å². The van der Waals surface area contributed by atoms with Crippen molar-refractivity contribution in [3.05, 3.63) is 0 Å². The maximum Gasteiger partial charge on any atom is 0.306 e. The lowest BCUT2D eigenvalue weighted by Gasteiger charge is -2.29. The third kappa shape index (κ3) is 4.29. The van der Waals surface area contributed by atoms with E-state index in [2.05, 4.69) is 5.32 Å². The normalized spacial score (nSPS) is 25.4. The molecule has 1 saturated carbocycles. The number of carbonyl (C=O) groups excluding carboxylic acids is 1. The highest BCUT2D eigenvalue weighted by Crippen LogP contribution is 2.29. The summed E-state index contributed by atoms with van der Waals surface area (Å²) in [7, 11) is 0. The van der Waals surface area contributed by atoms with Gasteiger partial charge in [-0.1, -0.05) is 19.8 Å². The van der Waals surface area contributed by atoms with Gasteiger partial charge in [0.1, 0.15) is 0 Å². The second-order valence-electron chi connectivity index (χ2n) is 5.21. The van der Waals surface area contributed by atoms with Crippen LogP contribution in [0, 0.1) is 17.8 Å². The van der Waals surface area contributed by atoms with Crippen LogP contribution in [0.1, 0.15) is 39.0 Å². The molecule has 3 unspecified atom stereocenters. The van der Waals surface area contributed by atoms with E-state index in [1.54, 1.807) is 0 Å². The van der Waals surface area contributed by atoms with E-state index < -0.39 is 5.97 Å². The van der Waals surface area contributed by atoms with E-state index in [-0.39, 0.29) is 23.7 Å². The highest BCUT2D eigenvalue weighted by Gasteiger charge is 2.31. The largest absolute Gasteiger partial charge is 0.481 e. The topological polar surface area (TPSA) is 92.4 Å². The van der Waals surface area contributed by atoms with Crippen LogP contribution in [-0.2, 0) is 9.59 Å². The Balaban J connectivity index is 2.40. The molecule has 3 atom stereocenters. The summed E-state index contributed by atoms with van der Waals surface area (Å²) in [5.41, 5.74) is 5.41. The summed E-state index contributed by atoms with van der Waals surface area (Å²) in [6.45, 7) is 2.82. The van der Waals surface area contributed by atoms with E-state index in [1.165, 1.54) is 0 Å². The predicted molar refractivity (Wildman–Crippen MR) is 68.9 cm³/mol. The van der Waals surface area contributed by atoms with Gasteiger partial charge in [-0.25, -0.2) is 0 Å². The number of rotatable bonds is 6. The van der Waals surface area contributed by atoms with Crippen molar-refractivity contribution >= 4 is 11.9 Å². The minimum atomic E-state index is -0.732. The van der Waals surface area contributed by atoms with Crippen LogP contribution in [0.2, 0.25) is 0 Å². The van der Waals surface area contributed by atoms with E-state index in [1.807, 2.05) is 6.92 Å². The first-order chi connectivity index (χ1) is 8.56. The Morgan fingerprint density at radius 2 is 2.06 bits per heavy atom. The number of nitrogens with two attached hydrogens (primary N) is 1. The Kier molecular flexibility index (Phi) is 6.12. The summed E-state index contributed by atoms with van der Waals surface area (Å²) in [6.07, 6.45) is 4.32. The van der Waals surface area contributed by atoms with Gasteiger partial charge in [-0.3, -0.25) is 9.59 Å². The molecule has 104 valence electrons. The zero-order valence-electron chi connectivity index (χ0n) is 11.0. The van der Waals surface area contributed by atoms with Crippen LogP contribution in [0.15, 0.2) is 0 Å². The molecule has 0 aromatic carbocycles. The van der Waals surface area contributed by atoms with Crippen LogP contribution in [0.4, 0.5) is 0 Å². The molecule has 0 aromatic heterocycles. The van der Waals surface area contributed by atoms with Gasteiger partial charge in [0.25, 0.3) is 0 Å². The SMILES string of the molecule is CC(CCN)C(=O)NCC1CCCCC1C(=O)O. The van der Waals surface area contributed by atoms with Gasteiger partial charge in [0.2, 0.25) is 5.91 Å². The number of carboxylic acids is 1. The van der Waals surface area contributed by atoms with Crippen molar-refractivity contribution in [2.75, 3.05) is 13.1 Å². The molecule has 1 rings (SSSR count). The van der Waals surface area contributed by atoms with E-state index in [9.17, 15) is 9.59 Å². The maximum atomic E-state index is 11.7. The first-order valence-electron chi connectivity index (χ1n) is 6.76. The van der Waals surface area contributed by atoms with Crippen molar-refractivity contribution in [2.45, 2.75) is 39.0 Å². The second kappa shape index (κ2) is 7.36. The molecular formula is C13H24N2O3. The van der Waals surface area contributed by atoms with Gasteiger partial charge in [0, 0.05) is 12.5 Å². The van der Waals surface area contributed by atoms with Crippen LogP contribution in [0.3, 0.4) is 0 Å². The molecule has 1 aliphatic carbocycles. The van der Waals surface area contributed by atoms with Crippen molar-refractivity contribution in [3.63, 3.8) is 0 Å². The van der Waals surface area contributed by atoms with Crippen LogP contribution in [0.25, 0.3) is 0 Å². The zero-order chi connectivity index (χ0) is 13.5. The van der Waals surface area contributed by atoms with Crippen molar-refractivity contribution < 1.29 is 14.7 Å².